The van der Waals surface area contributed by atoms with E-state index in [0.717, 1.165) is 0 Å². The van der Waals surface area contributed by atoms with E-state index in [1.165, 1.54) is 18.2 Å². The first-order chi connectivity index (χ1) is 7.56. The van der Waals surface area contributed by atoms with Crippen LogP contribution in [-0.4, -0.2) is 4.87 Å². The van der Waals surface area contributed by atoms with Crippen LogP contribution in [0, 0.1) is 0 Å². The third-order valence-corrected chi connectivity index (χ3v) is 3.20. The third kappa shape index (κ3) is 1.78. The molecule has 16 heavy (non-hydrogen) atoms. The topological polar surface area (TPSA) is 0 Å². The van der Waals surface area contributed by atoms with Gasteiger partial charge in [0, 0.05) is 5.56 Å². The Morgan fingerprint density at radius 3 is 2.38 bits per heavy atom. The van der Waals surface area contributed by atoms with Gasteiger partial charge < -0.3 is 0 Å². The van der Waals surface area contributed by atoms with Gasteiger partial charge in [0.05, 0.1) is 0 Å². The van der Waals surface area contributed by atoms with E-state index in [0.29, 0.717) is 0 Å². The number of rotatable bonds is 2. The number of alkyl halides is 3. The van der Waals surface area contributed by atoms with Gasteiger partial charge in [-0.1, -0.05) is 54.6 Å². The zero-order chi connectivity index (χ0) is 11.6. The molecular formula is C13H11ClF2. The third-order valence-electron chi connectivity index (χ3n) is 2.68. The summed E-state index contributed by atoms with van der Waals surface area (Å²) in [5, 5.41) is 0. The molecule has 0 aromatic heterocycles. The second-order valence-corrected chi connectivity index (χ2v) is 4.47. The van der Waals surface area contributed by atoms with Crippen LogP contribution in [0.3, 0.4) is 0 Å². The predicted molar refractivity (Wildman–Crippen MR) is 61.8 cm³/mol. The lowest BCUT2D eigenvalue weighted by atomic mass is 9.88. The first-order valence-corrected chi connectivity index (χ1v) is 5.41. The van der Waals surface area contributed by atoms with Crippen LogP contribution in [-0.2, 0) is 5.92 Å². The highest BCUT2D eigenvalue weighted by atomic mass is 35.5. The number of benzene rings is 1. The van der Waals surface area contributed by atoms with Crippen molar-refractivity contribution >= 4 is 11.6 Å². The Kier molecular flexibility index (Phi) is 2.85. The van der Waals surface area contributed by atoms with Gasteiger partial charge in [-0.2, -0.15) is 8.78 Å². The Morgan fingerprint density at radius 2 is 1.81 bits per heavy atom. The van der Waals surface area contributed by atoms with Gasteiger partial charge in [-0.15, -0.1) is 11.6 Å². The molecule has 0 fully saturated rings. The zero-order valence-corrected chi connectivity index (χ0v) is 9.29. The molecule has 0 spiro atoms. The van der Waals surface area contributed by atoms with Crippen molar-refractivity contribution < 1.29 is 8.78 Å². The minimum Gasteiger partial charge on any atom is -0.199 e. The summed E-state index contributed by atoms with van der Waals surface area (Å²) < 4.78 is 28.4. The van der Waals surface area contributed by atoms with Gasteiger partial charge >= 0.3 is 0 Å². The van der Waals surface area contributed by atoms with Crippen LogP contribution >= 0.6 is 11.6 Å². The fraction of sp³-hybridized carbons (Fsp3) is 0.231. The first-order valence-electron chi connectivity index (χ1n) is 5.03. The molecule has 1 aromatic rings. The molecule has 0 saturated carbocycles. The minimum atomic E-state index is -3.07. The van der Waals surface area contributed by atoms with E-state index >= 15 is 0 Å². The molecule has 0 N–H and O–H groups in total. The van der Waals surface area contributed by atoms with Crippen molar-refractivity contribution in [2.24, 2.45) is 0 Å². The number of hydrogen-bond acceptors (Lipinski definition) is 0. The molecule has 0 amide bonds. The summed E-state index contributed by atoms with van der Waals surface area (Å²) in [7, 11) is 0. The van der Waals surface area contributed by atoms with Crippen molar-refractivity contribution in [3.63, 3.8) is 0 Å². The van der Waals surface area contributed by atoms with Gasteiger partial charge in [0.15, 0.2) is 0 Å². The average molecular weight is 241 g/mol. The quantitative estimate of drug-likeness (QED) is 0.677. The summed E-state index contributed by atoms with van der Waals surface area (Å²) in [5.41, 5.74) is -0.0510. The molecule has 0 radical (unpaired) electrons. The lowest BCUT2D eigenvalue weighted by Crippen LogP contribution is -2.39. The number of hydrogen-bond donors (Lipinski definition) is 0. The largest absolute Gasteiger partial charge is 0.295 e. The normalized spacial score (nSPS) is 24.7. The van der Waals surface area contributed by atoms with E-state index in [1.54, 1.807) is 36.4 Å². The summed E-state index contributed by atoms with van der Waals surface area (Å²) >= 11 is 6.01. The Morgan fingerprint density at radius 1 is 1.12 bits per heavy atom. The second kappa shape index (κ2) is 4.02. The fourth-order valence-electron chi connectivity index (χ4n) is 1.71. The maximum absolute atomic E-state index is 14.2. The van der Waals surface area contributed by atoms with Gasteiger partial charge in [-0.3, -0.25) is 0 Å². The van der Waals surface area contributed by atoms with Crippen molar-refractivity contribution in [2.45, 2.75) is 17.2 Å². The molecule has 0 saturated heterocycles. The Bertz CT molecular complexity index is 423. The second-order valence-electron chi connectivity index (χ2n) is 3.79. The van der Waals surface area contributed by atoms with Gasteiger partial charge in [-0.25, -0.2) is 0 Å². The molecule has 1 unspecified atom stereocenters. The van der Waals surface area contributed by atoms with Crippen molar-refractivity contribution in [3.8, 4) is 0 Å². The summed E-state index contributed by atoms with van der Waals surface area (Å²) in [6.07, 6.45) is 6.44. The molecular weight excluding hydrogens is 230 g/mol. The number of allylic oxidation sites excluding steroid dienone is 4. The molecule has 0 nitrogen and oxygen atoms in total. The van der Waals surface area contributed by atoms with Crippen LogP contribution in [0.2, 0.25) is 0 Å². The predicted octanol–water partition coefficient (Wildman–Crippen LogP) is 4.27. The minimum absolute atomic E-state index is 0.0510. The summed E-state index contributed by atoms with van der Waals surface area (Å²) in [5.74, 6) is -3.07. The summed E-state index contributed by atoms with van der Waals surface area (Å²) in [4.78, 5) is -1.65. The van der Waals surface area contributed by atoms with Crippen LogP contribution in [0.5, 0.6) is 0 Å². The summed E-state index contributed by atoms with van der Waals surface area (Å²) in [6.45, 7) is 0. The first kappa shape index (κ1) is 11.3. The molecule has 2 rings (SSSR count). The van der Waals surface area contributed by atoms with E-state index in [2.05, 4.69) is 0 Å². The number of halogens is 3. The molecule has 1 aromatic carbocycles. The maximum Gasteiger partial charge on any atom is 0.295 e. The van der Waals surface area contributed by atoms with Crippen molar-refractivity contribution in [1.82, 2.24) is 0 Å². The van der Waals surface area contributed by atoms with Crippen LogP contribution < -0.4 is 0 Å². The maximum atomic E-state index is 14.2. The van der Waals surface area contributed by atoms with Crippen LogP contribution in [0.4, 0.5) is 8.78 Å². The Hall–Kier alpha value is -1.15. The molecule has 0 heterocycles. The lowest BCUT2D eigenvalue weighted by Gasteiger charge is -2.33. The van der Waals surface area contributed by atoms with Crippen molar-refractivity contribution in [1.29, 1.82) is 0 Å². The Balaban J connectivity index is 2.39. The van der Waals surface area contributed by atoms with Crippen molar-refractivity contribution in [2.75, 3.05) is 0 Å². The van der Waals surface area contributed by atoms with E-state index in [9.17, 15) is 8.78 Å². The molecule has 1 atom stereocenters. The van der Waals surface area contributed by atoms with E-state index in [-0.39, 0.29) is 12.0 Å². The van der Waals surface area contributed by atoms with Crippen LogP contribution in [0.15, 0.2) is 54.6 Å². The summed E-state index contributed by atoms with van der Waals surface area (Å²) in [6, 6.07) is 7.68. The Labute approximate surface area is 98.2 Å². The molecule has 3 heteroatoms. The molecule has 0 aliphatic heterocycles. The van der Waals surface area contributed by atoms with Gasteiger partial charge in [0.2, 0.25) is 0 Å². The van der Waals surface area contributed by atoms with Crippen LogP contribution in [0.25, 0.3) is 0 Å². The van der Waals surface area contributed by atoms with Crippen molar-refractivity contribution in [3.05, 3.63) is 60.2 Å². The van der Waals surface area contributed by atoms with E-state index in [4.69, 9.17) is 11.6 Å². The highest BCUT2D eigenvalue weighted by molar-refractivity contribution is 6.26. The van der Waals surface area contributed by atoms with Gasteiger partial charge in [-0.05, 0) is 6.42 Å². The van der Waals surface area contributed by atoms with Crippen LogP contribution in [0.1, 0.15) is 12.0 Å². The molecule has 84 valence electrons. The average Bonchev–Trinajstić information content (AvgIpc) is 2.31. The highest BCUT2D eigenvalue weighted by Crippen LogP contribution is 2.47. The van der Waals surface area contributed by atoms with Gasteiger partial charge in [0.25, 0.3) is 5.92 Å². The van der Waals surface area contributed by atoms with Gasteiger partial charge in [0.1, 0.15) is 4.87 Å². The molecule has 1 aliphatic rings. The lowest BCUT2D eigenvalue weighted by molar-refractivity contribution is -0.0333. The zero-order valence-electron chi connectivity index (χ0n) is 8.54. The highest BCUT2D eigenvalue weighted by Gasteiger charge is 2.51. The fourth-order valence-corrected chi connectivity index (χ4v) is 1.99. The monoisotopic (exact) mass is 240 g/mol. The molecule has 0 bridgehead atoms. The SMILES string of the molecule is FC(F)(c1ccccc1)C1(Cl)C=CC=CC1. The molecule has 1 aliphatic carbocycles. The van der Waals surface area contributed by atoms with E-state index in [1.807, 2.05) is 0 Å². The standard InChI is InChI=1S/C13H11ClF2/c14-12(9-5-2-6-10-12)13(15,16)11-7-3-1-4-8-11/h1-9H,10H2. The smallest absolute Gasteiger partial charge is 0.199 e. The van der Waals surface area contributed by atoms with E-state index < -0.39 is 10.8 Å².